The Morgan fingerprint density at radius 3 is 2.71 bits per heavy atom. The number of nitrogens with zero attached hydrogens (tertiary/aromatic N) is 1. The molecule has 1 heterocycles. The molecule has 1 N–H and O–H groups in total. The average molecular weight is 294 g/mol. The molecule has 5 nitrogen and oxygen atoms in total. The fraction of sp³-hybridized carbons (Fsp3) is 0.467. The van der Waals surface area contributed by atoms with Crippen molar-refractivity contribution in [2.24, 2.45) is 0 Å². The quantitative estimate of drug-likeness (QED) is 0.918. The Bertz CT molecular complexity index is 562. The highest BCUT2D eigenvalue weighted by Gasteiger charge is 2.31. The second-order valence-corrected chi connectivity index (χ2v) is 5.27. The maximum atomic E-state index is 14.0. The zero-order chi connectivity index (χ0) is 15.6. The number of nitrogens with one attached hydrogen (secondary N) is 1. The average Bonchev–Trinajstić information content (AvgIpc) is 2.52. The smallest absolute Gasteiger partial charge is 0.245 e. The number of amides is 2. The van der Waals surface area contributed by atoms with E-state index in [0.717, 1.165) is 0 Å². The van der Waals surface area contributed by atoms with E-state index < -0.39 is 11.9 Å². The number of halogens is 1. The van der Waals surface area contributed by atoms with E-state index in [1.165, 1.54) is 18.1 Å². The van der Waals surface area contributed by atoms with Gasteiger partial charge in [0, 0.05) is 30.6 Å². The molecule has 0 radical (unpaired) electrons. The highest BCUT2D eigenvalue weighted by atomic mass is 19.1. The third-order valence-electron chi connectivity index (χ3n) is 3.64. The summed E-state index contributed by atoms with van der Waals surface area (Å²) in [6.07, 6.45) is 0.216. The molecule has 0 aliphatic carbocycles. The number of hydrogen-bond acceptors (Lipinski definition) is 3. The van der Waals surface area contributed by atoms with Crippen LogP contribution >= 0.6 is 0 Å². The summed E-state index contributed by atoms with van der Waals surface area (Å²) >= 11 is 0. The molecule has 1 aliphatic heterocycles. The van der Waals surface area contributed by atoms with E-state index in [1.807, 2.05) is 0 Å². The number of benzene rings is 1. The standard InChI is InChI=1S/C15H19FN2O3/c1-9-6-14(19)17-10(2)15(20)18(9)8-11-4-5-12(21-3)7-13(11)16/h4-5,7,9-10H,6,8H2,1-3H3,(H,17,19). The van der Waals surface area contributed by atoms with Gasteiger partial charge in [0.15, 0.2) is 0 Å². The van der Waals surface area contributed by atoms with Crippen LogP contribution in [0, 0.1) is 5.82 Å². The maximum Gasteiger partial charge on any atom is 0.245 e. The molecule has 6 heteroatoms. The van der Waals surface area contributed by atoms with Crippen LogP contribution in [-0.2, 0) is 16.1 Å². The van der Waals surface area contributed by atoms with Gasteiger partial charge in [-0.3, -0.25) is 9.59 Å². The van der Waals surface area contributed by atoms with E-state index in [-0.39, 0.29) is 30.8 Å². The molecule has 1 saturated heterocycles. The van der Waals surface area contributed by atoms with Gasteiger partial charge in [0.25, 0.3) is 0 Å². The monoisotopic (exact) mass is 294 g/mol. The van der Waals surface area contributed by atoms with Crippen molar-refractivity contribution in [2.75, 3.05) is 7.11 Å². The Labute approximate surface area is 123 Å². The van der Waals surface area contributed by atoms with Crippen LogP contribution in [-0.4, -0.2) is 35.9 Å². The summed E-state index contributed by atoms with van der Waals surface area (Å²) in [5.74, 6) is -0.369. The third-order valence-corrected chi connectivity index (χ3v) is 3.64. The van der Waals surface area contributed by atoms with Gasteiger partial charge in [-0.05, 0) is 19.9 Å². The van der Waals surface area contributed by atoms with Crippen molar-refractivity contribution in [3.8, 4) is 5.75 Å². The normalized spacial score (nSPS) is 22.8. The first-order chi connectivity index (χ1) is 9.92. The van der Waals surface area contributed by atoms with Crippen LogP contribution in [0.5, 0.6) is 5.75 Å². The number of carbonyl (C=O) groups is 2. The molecule has 114 valence electrons. The number of carbonyl (C=O) groups excluding carboxylic acids is 2. The number of ether oxygens (including phenoxy) is 1. The van der Waals surface area contributed by atoms with E-state index in [2.05, 4.69) is 5.32 Å². The largest absolute Gasteiger partial charge is 0.497 e. The second kappa shape index (κ2) is 6.11. The second-order valence-electron chi connectivity index (χ2n) is 5.27. The first kappa shape index (κ1) is 15.3. The molecule has 0 aromatic heterocycles. The topological polar surface area (TPSA) is 58.6 Å². The van der Waals surface area contributed by atoms with Crippen molar-refractivity contribution in [2.45, 2.75) is 38.9 Å². The van der Waals surface area contributed by atoms with Crippen LogP contribution < -0.4 is 10.1 Å². The van der Waals surface area contributed by atoms with Crippen LogP contribution in [0.3, 0.4) is 0 Å². The first-order valence-electron chi connectivity index (χ1n) is 6.84. The summed E-state index contributed by atoms with van der Waals surface area (Å²) in [6.45, 7) is 3.56. The Morgan fingerprint density at radius 2 is 2.10 bits per heavy atom. The van der Waals surface area contributed by atoms with Crippen LogP contribution in [0.2, 0.25) is 0 Å². The Morgan fingerprint density at radius 1 is 1.38 bits per heavy atom. The fourth-order valence-corrected chi connectivity index (χ4v) is 2.41. The molecule has 1 aromatic carbocycles. The van der Waals surface area contributed by atoms with Gasteiger partial charge in [0.05, 0.1) is 7.11 Å². The van der Waals surface area contributed by atoms with Gasteiger partial charge in [-0.1, -0.05) is 6.07 Å². The minimum absolute atomic E-state index is 0.134. The molecule has 0 spiro atoms. The number of rotatable bonds is 3. The van der Waals surface area contributed by atoms with Gasteiger partial charge in [-0.15, -0.1) is 0 Å². The molecule has 1 fully saturated rings. The number of methoxy groups -OCH3 is 1. The zero-order valence-electron chi connectivity index (χ0n) is 12.4. The Kier molecular flexibility index (Phi) is 4.45. The summed E-state index contributed by atoms with van der Waals surface area (Å²) in [7, 11) is 1.47. The highest BCUT2D eigenvalue weighted by molar-refractivity contribution is 5.90. The third kappa shape index (κ3) is 3.32. The molecule has 1 aromatic rings. The van der Waals surface area contributed by atoms with E-state index in [4.69, 9.17) is 4.74 Å². The lowest BCUT2D eigenvalue weighted by Gasteiger charge is -2.28. The molecular weight excluding hydrogens is 275 g/mol. The lowest BCUT2D eigenvalue weighted by atomic mass is 10.1. The van der Waals surface area contributed by atoms with Gasteiger partial charge >= 0.3 is 0 Å². The minimum atomic E-state index is -0.594. The van der Waals surface area contributed by atoms with Crippen molar-refractivity contribution in [1.29, 1.82) is 0 Å². The summed E-state index contributed by atoms with van der Waals surface area (Å²) < 4.78 is 19.0. The molecule has 21 heavy (non-hydrogen) atoms. The number of hydrogen-bond donors (Lipinski definition) is 1. The predicted octanol–water partition coefficient (Wildman–Crippen LogP) is 1.46. The van der Waals surface area contributed by atoms with E-state index in [0.29, 0.717) is 11.3 Å². The lowest BCUT2D eigenvalue weighted by Crippen LogP contribution is -2.44. The van der Waals surface area contributed by atoms with E-state index in [1.54, 1.807) is 26.0 Å². The maximum absolute atomic E-state index is 14.0. The van der Waals surface area contributed by atoms with Crippen LogP contribution in [0.1, 0.15) is 25.8 Å². The minimum Gasteiger partial charge on any atom is -0.497 e. The summed E-state index contributed by atoms with van der Waals surface area (Å²) in [5.41, 5.74) is 0.401. The highest BCUT2D eigenvalue weighted by Crippen LogP contribution is 2.21. The summed E-state index contributed by atoms with van der Waals surface area (Å²) in [6, 6.07) is 3.67. The Hall–Kier alpha value is -2.11. The lowest BCUT2D eigenvalue weighted by molar-refractivity contribution is -0.135. The van der Waals surface area contributed by atoms with E-state index in [9.17, 15) is 14.0 Å². The Balaban J connectivity index is 2.23. The van der Waals surface area contributed by atoms with Crippen molar-refractivity contribution >= 4 is 11.8 Å². The van der Waals surface area contributed by atoms with Gasteiger partial charge in [-0.25, -0.2) is 4.39 Å². The molecule has 0 saturated carbocycles. The van der Waals surface area contributed by atoms with Crippen molar-refractivity contribution in [3.05, 3.63) is 29.6 Å². The molecule has 2 amide bonds. The molecule has 2 atom stereocenters. The first-order valence-corrected chi connectivity index (χ1v) is 6.84. The van der Waals surface area contributed by atoms with Crippen LogP contribution in [0.25, 0.3) is 0 Å². The van der Waals surface area contributed by atoms with Crippen molar-refractivity contribution < 1.29 is 18.7 Å². The zero-order valence-corrected chi connectivity index (χ0v) is 12.4. The molecule has 0 bridgehead atoms. The van der Waals surface area contributed by atoms with Crippen molar-refractivity contribution in [3.63, 3.8) is 0 Å². The van der Waals surface area contributed by atoms with Gasteiger partial charge < -0.3 is 15.0 Å². The van der Waals surface area contributed by atoms with Gasteiger partial charge in [0.2, 0.25) is 11.8 Å². The molecule has 2 rings (SSSR count). The summed E-state index contributed by atoms with van der Waals surface area (Å²) in [4.78, 5) is 25.5. The fourth-order valence-electron chi connectivity index (χ4n) is 2.41. The van der Waals surface area contributed by atoms with Gasteiger partial charge in [-0.2, -0.15) is 0 Å². The van der Waals surface area contributed by atoms with Crippen LogP contribution in [0.4, 0.5) is 4.39 Å². The van der Waals surface area contributed by atoms with Crippen molar-refractivity contribution in [1.82, 2.24) is 10.2 Å². The predicted molar refractivity (Wildman–Crippen MR) is 75.2 cm³/mol. The van der Waals surface area contributed by atoms with Crippen LogP contribution in [0.15, 0.2) is 18.2 Å². The molecule has 2 unspecified atom stereocenters. The molecular formula is C15H19FN2O3. The SMILES string of the molecule is COc1ccc(CN2C(=O)C(C)NC(=O)CC2C)c(F)c1. The molecule has 1 aliphatic rings. The van der Waals surface area contributed by atoms with E-state index >= 15 is 0 Å². The summed E-state index contributed by atoms with van der Waals surface area (Å²) in [5, 5.41) is 2.63. The van der Waals surface area contributed by atoms with Gasteiger partial charge in [0.1, 0.15) is 17.6 Å².